The summed E-state index contributed by atoms with van der Waals surface area (Å²) in [6.07, 6.45) is 0.885. The summed E-state index contributed by atoms with van der Waals surface area (Å²) in [4.78, 5) is 12.7. The zero-order valence-electron chi connectivity index (χ0n) is 12.7. The summed E-state index contributed by atoms with van der Waals surface area (Å²) < 4.78 is 5.45. The van der Waals surface area contributed by atoms with Gasteiger partial charge in [0.15, 0.2) is 0 Å². The molecule has 20 heavy (non-hydrogen) atoms. The summed E-state index contributed by atoms with van der Waals surface area (Å²) in [5.41, 5.74) is 0. The minimum atomic E-state index is -0.106. The average molecular weight is 283 g/mol. The molecular formula is C13H25N5O2. The van der Waals surface area contributed by atoms with Crippen molar-refractivity contribution in [2.45, 2.75) is 40.2 Å². The second kappa shape index (κ2) is 8.52. The standard InChI is InChI=1S/C13H25N5O2/c1-5-7-20-13-17-11(14-6-2)16-12(18-13)15-10(8-19)9(3)4/h9-10,19H,5-8H2,1-4H3,(H2,14,15,16,17,18)/t10-/m1/s1. The molecule has 1 heterocycles. The van der Waals surface area contributed by atoms with Gasteiger partial charge in [-0.2, -0.15) is 15.0 Å². The molecule has 0 unspecified atom stereocenters. The number of rotatable bonds is 9. The van der Waals surface area contributed by atoms with E-state index in [0.717, 1.165) is 6.42 Å². The molecule has 1 aromatic rings. The second-order valence-electron chi connectivity index (χ2n) is 4.82. The van der Waals surface area contributed by atoms with Crippen LogP contribution in [0.25, 0.3) is 0 Å². The minimum absolute atomic E-state index is 0.0189. The molecule has 3 N–H and O–H groups in total. The summed E-state index contributed by atoms with van der Waals surface area (Å²) in [6.45, 7) is 9.32. The SMILES string of the molecule is CCCOc1nc(NCC)nc(N[C@H](CO)C(C)C)n1. The van der Waals surface area contributed by atoms with Gasteiger partial charge < -0.3 is 20.5 Å². The largest absolute Gasteiger partial charge is 0.463 e. The van der Waals surface area contributed by atoms with Gasteiger partial charge in [-0.1, -0.05) is 20.8 Å². The van der Waals surface area contributed by atoms with Gasteiger partial charge in [0, 0.05) is 6.54 Å². The first-order valence-corrected chi connectivity index (χ1v) is 7.10. The van der Waals surface area contributed by atoms with Crippen LogP contribution < -0.4 is 15.4 Å². The van der Waals surface area contributed by atoms with E-state index in [1.165, 1.54) is 0 Å². The summed E-state index contributed by atoms with van der Waals surface area (Å²) >= 11 is 0. The van der Waals surface area contributed by atoms with Crippen molar-refractivity contribution in [2.75, 3.05) is 30.4 Å². The number of nitrogens with zero attached hydrogens (tertiary/aromatic N) is 3. The van der Waals surface area contributed by atoms with Gasteiger partial charge in [0.1, 0.15) is 0 Å². The molecule has 0 aliphatic rings. The lowest BCUT2D eigenvalue weighted by Gasteiger charge is -2.20. The van der Waals surface area contributed by atoms with E-state index >= 15 is 0 Å². The van der Waals surface area contributed by atoms with E-state index in [-0.39, 0.29) is 18.6 Å². The van der Waals surface area contributed by atoms with Crippen LogP contribution in [0.2, 0.25) is 0 Å². The van der Waals surface area contributed by atoms with E-state index in [2.05, 4.69) is 25.6 Å². The molecular weight excluding hydrogens is 258 g/mol. The lowest BCUT2D eigenvalue weighted by Crippen LogP contribution is -2.30. The smallest absolute Gasteiger partial charge is 0.323 e. The number of aliphatic hydroxyl groups excluding tert-OH is 1. The van der Waals surface area contributed by atoms with Crippen molar-refractivity contribution in [3.8, 4) is 6.01 Å². The maximum atomic E-state index is 9.36. The van der Waals surface area contributed by atoms with Crippen LogP contribution in [0.3, 0.4) is 0 Å². The van der Waals surface area contributed by atoms with Gasteiger partial charge in [-0.3, -0.25) is 0 Å². The zero-order valence-corrected chi connectivity index (χ0v) is 12.7. The Morgan fingerprint density at radius 2 is 1.85 bits per heavy atom. The molecule has 0 aromatic carbocycles. The highest BCUT2D eigenvalue weighted by atomic mass is 16.5. The van der Waals surface area contributed by atoms with E-state index in [4.69, 9.17) is 4.74 Å². The third kappa shape index (κ3) is 5.16. The van der Waals surface area contributed by atoms with Crippen LogP contribution >= 0.6 is 0 Å². The molecule has 0 aliphatic carbocycles. The van der Waals surface area contributed by atoms with Gasteiger partial charge in [-0.25, -0.2) is 0 Å². The Bertz CT molecular complexity index is 400. The molecule has 0 aliphatic heterocycles. The molecule has 0 bridgehead atoms. The Morgan fingerprint density at radius 1 is 1.15 bits per heavy atom. The van der Waals surface area contributed by atoms with Crippen molar-refractivity contribution in [3.63, 3.8) is 0 Å². The highest BCUT2D eigenvalue weighted by molar-refractivity contribution is 5.36. The normalized spacial score (nSPS) is 12.3. The summed E-state index contributed by atoms with van der Waals surface area (Å²) in [7, 11) is 0. The van der Waals surface area contributed by atoms with E-state index in [1.54, 1.807) is 0 Å². The first kappa shape index (κ1) is 16.4. The Morgan fingerprint density at radius 3 is 2.40 bits per heavy atom. The lowest BCUT2D eigenvalue weighted by molar-refractivity contribution is 0.248. The number of ether oxygens (including phenoxy) is 1. The summed E-state index contributed by atoms with van der Waals surface area (Å²) in [5.74, 6) is 1.14. The molecule has 7 nitrogen and oxygen atoms in total. The van der Waals surface area contributed by atoms with E-state index in [9.17, 15) is 5.11 Å². The molecule has 0 radical (unpaired) electrons. The second-order valence-corrected chi connectivity index (χ2v) is 4.82. The third-order valence-electron chi connectivity index (χ3n) is 2.70. The molecule has 0 fully saturated rings. The van der Waals surface area contributed by atoms with Gasteiger partial charge >= 0.3 is 6.01 Å². The monoisotopic (exact) mass is 283 g/mol. The summed E-state index contributed by atoms with van der Waals surface area (Å²) in [5, 5.41) is 15.5. The number of aliphatic hydroxyl groups is 1. The molecule has 1 atom stereocenters. The van der Waals surface area contributed by atoms with Crippen LogP contribution in [0.15, 0.2) is 0 Å². The maximum Gasteiger partial charge on any atom is 0.323 e. The number of hydrogen-bond donors (Lipinski definition) is 3. The van der Waals surface area contributed by atoms with Crippen molar-refractivity contribution in [3.05, 3.63) is 0 Å². The van der Waals surface area contributed by atoms with E-state index in [0.29, 0.717) is 31.1 Å². The third-order valence-corrected chi connectivity index (χ3v) is 2.70. The number of anilines is 2. The molecule has 0 saturated heterocycles. The molecule has 0 saturated carbocycles. The topological polar surface area (TPSA) is 92.2 Å². The average Bonchev–Trinajstić information content (AvgIpc) is 2.42. The fourth-order valence-electron chi connectivity index (χ4n) is 1.51. The Labute approximate surface area is 120 Å². The van der Waals surface area contributed by atoms with Gasteiger partial charge in [0.2, 0.25) is 11.9 Å². The van der Waals surface area contributed by atoms with Gasteiger partial charge in [0.05, 0.1) is 19.3 Å². The highest BCUT2D eigenvalue weighted by Gasteiger charge is 2.15. The van der Waals surface area contributed by atoms with Crippen LogP contribution in [0, 0.1) is 5.92 Å². The van der Waals surface area contributed by atoms with Crippen molar-refractivity contribution in [2.24, 2.45) is 5.92 Å². The fraction of sp³-hybridized carbons (Fsp3) is 0.769. The molecule has 7 heteroatoms. The Kier molecular flexibility index (Phi) is 7.00. The Balaban J connectivity index is 2.89. The first-order valence-electron chi connectivity index (χ1n) is 7.10. The summed E-state index contributed by atoms with van der Waals surface area (Å²) in [6, 6.07) is 0.187. The van der Waals surface area contributed by atoms with Gasteiger partial charge in [-0.15, -0.1) is 0 Å². The fourth-order valence-corrected chi connectivity index (χ4v) is 1.51. The molecule has 114 valence electrons. The molecule has 0 spiro atoms. The molecule has 1 rings (SSSR count). The van der Waals surface area contributed by atoms with Crippen molar-refractivity contribution in [1.82, 2.24) is 15.0 Å². The van der Waals surface area contributed by atoms with Gasteiger partial charge in [-0.05, 0) is 19.3 Å². The number of hydrogen-bond acceptors (Lipinski definition) is 7. The predicted octanol–water partition coefficient (Wildman–Crippen LogP) is 1.52. The van der Waals surface area contributed by atoms with Crippen molar-refractivity contribution >= 4 is 11.9 Å². The van der Waals surface area contributed by atoms with E-state index in [1.807, 2.05) is 27.7 Å². The lowest BCUT2D eigenvalue weighted by atomic mass is 10.1. The van der Waals surface area contributed by atoms with Crippen LogP contribution in [0.4, 0.5) is 11.9 Å². The predicted molar refractivity (Wildman–Crippen MR) is 79.1 cm³/mol. The van der Waals surface area contributed by atoms with Gasteiger partial charge in [0.25, 0.3) is 0 Å². The van der Waals surface area contributed by atoms with Crippen LogP contribution in [0.1, 0.15) is 34.1 Å². The Hall–Kier alpha value is -1.63. The van der Waals surface area contributed by atoms with Crippen molar-refractivity contribution < 1.29 is 9.84 Å². The highest BCUT2D eigenvalue weighted by Crippen LogP contribution is 2.14. The van der Waals surface area contributed by atoms with Crippen LogP contribution in [-0.2, 0) is 0 Å². The maximum absolute atomic E-state index is 9.36. The molecule has 0 amide bonds. The van der Waals surface area contributed by atoms with Crippen molar-refractivity contribution in [1.29, 1.82) is 0 Å². The van der Waals surface area contributed by atoms with Crippen LogP contribution in [0.5, 0.6) is 6.01 Å². The first-order chi connectivity index (χ1) is 9.60. The van der Waals surface area contributed by atoms with E-state index < -0.39 is 0 Å². The number of aromatic nitrogens is 3. The molecule has 1 aromatic heterocycles. The van der Waals surface area contributed by atoms with Crippen LogP contribution in [-0.4, -0.2) is 45.9 Å². The minimum Gasteiger partial charge on any atom is -0.463 e. The number of nitrogens with one attached hydrogen (secondary N) is 2. The zero-order chi connectivity index (χ0) is 15.0. The quantitative estimate of drug-likeness (QED) is 0.632.